The van der Waals surface area contributed by atoms with E-state index in [9.17, 15) is 4.79 Å². The quantitative estimate of drug-likeness (QED) is 0.294. The van der Waals surface area contributed by atoms with Crippen LogP contribution in [-0.2, 0) is 0 Å². The number of hydrazone groups is 1. The summed E-state index contributed by atoms with van der Waals surface area (Å²) in [7, 11) is 1.61. The number of hydrogen-bond donors (Lipinski definition) is 1. The molecule has 0 aliphatic rings. The maximum absolute atomic E-state index is 12.0. The van der Waals surface area contributed by atoms with E-state index in [0.29, 0.717) is 17.9 Å². The van der Waals surface area contributed by atoms with Gasteiger partial charge in [-0.1, -0.05) is 45.4 Å². The van der Waals surface area contributed by atoms with Crippen LogP contribution in [-0.4, -0.2) is 30.8 Å². The minimum absolute atomic E-state index is 0.287. The highest BCUT2D eigenvalue weighted by Crippen LogP contribution is 2.27. The van der Waals surface area contributed by atoms with Crippen LogP contribution in [0.4, 0.5) is 0 Å². The van der Waals surface area contributed by atoms with Crippen LogP contribution in [0.5, 0.6) is 11.5 Å². The third-order valence-electron chi connectivity index (χ3n) is 4.52. The molecule has 1 N–H and O–H groups in total. The molecule has 2 rings (SSSR count). The van der Waals surface area contributed by atoms with Gasteiger partial charge in [0.05, 0.1) is 19.9 Å². The highest BCUT2D eigenvalue weighted by Gasteiger charge is 2.06. The number of nitrogens with one attached hydrogen (secondary N) is 1. The van der Waals surface area contributed by atoms with Crippen molar-refractivity contribution in [1.29, 1.82) is 0 Å². The molecule has 6 nitrogen and oxygen atoms in total. The van der Waals surface area contributed by atoms with E-state index in [1.54, 1.807) is 37.9 Å². The predicted molar refractivity (Wildman–Crippen MR) is 116 cm³/mol. The Balaban J connectivity index is 1.78. The predicted octanol–water partition coefficient (Wildman–Crippen LogP) is 4.98. The van der Waals surface area contributed by atoms with Crippen LogP contribution >= 0.6 is 0 Å². The SMILES string of the molecule is CCCCCCCCCOc1ccc(/C=N\NC(=O)c2ccncc2)cc1OC. The smallest absolute Gasteiger partial charge is 0.271 e. The number of ether oxygens (including phenoxy) is 2. The summed E-state index contributed by atoms with van der Waals surface area (Å²) in [5.74, 6) is 1.08. The average Bonchev–Trinajstić information content (AvgIpc) is 2.76. The number of amides is 1. The molecule has 0 unspecified atom stereocenters. The fourth-order valence-electron chi connectivity index (χ4n) is 2.86. The molecular weight excluding hydrogens is 366 g/mol. The van der Waals surface area contributed by atoms with Gasteiger partial charge < -0.3 is 9.47 Å². The number of carbonyl (C=O) groups excluding carboxylic acids is 1. The summed E-state index contributed by atoms with van der Waals surface area (Å²) in [6.45, 7) is 2.91. The number of carbonyl (C=O) groups is 1. The maximum atomic E-state index is 12.0. The molecule has 2 aromatic rings. The lowest BCUT2D eigenvalue weighted by Crippen LogP contribution is -2.17. The van der Waals surface area contributed by atoms with Gasteiger partial charge in [0.2, 0.25) is 0 Å². The van der Waals surface area contributed by atoms with E-state index >= 15 is 0 Å². The molecule has 29 heavy (non-hydrogen) atoms. The number of unbranched alkanes of at least 4 members (excludes halogenated alkanes) is 6. The first kappa shape index (κ1) is 22.4. The molecule has 0 aliphatic heterocycles. The molecule has 0 radical (unpaired) electrons. The van der Waals surface area contributed by atoms with Gasteiger partial charge in [-0.3, -0.25) is 9.78 Å². The van der Waals surface area contributed by atoms with Crippen molar-refractivity contribution in [2.24, 2.45) is 5.10 Å². The monoisotopic (exact) mass is 397 g/mol. The van der Waals surface area contributed by atoms with Crippen molar-refractivity contribution >= 4 is 12.1 Å². The first-order valence-corrected chi connectivity index (χ1v) is 10.3. The zero-order chi connectivity index (χ0) is 20.7. The Bertz CT molecular complexity index is 763. The van der Waals surface area contributed by atoms with Gasteiger partial charge in [0, 0.05) is 18.0 Å². The zero-order valence-electron chi connectivity index (χ0n) is 17.4. The normalized spacial score (nSPS) is 10.8. The Morgan fingerprint density at radius 1 is 1.03 bits per heavy atom. The van der Waals surface area contributed by atoms with Gasteiger partial charge in [-0.05, 0) is 42.3 Å². The molecule has 1 aromatic heterocycles. The Labute approximate surface area is 173 Å². The molecule has 0 saturated heterocycles. The number of aromatic nitrogens is 1. The number of nitrogens with zero attached hydrogens (tertiary/aromatic N) is 2. The Morgan fingerprint density at radius 3 is 2.48 bits per heavy atom. The van der Waals surface area contributed by atoms with Gasteiger partial charge in [-0.25, -0.2) is 5.43 Å². The highest BCUT2D eigenvalue weighted by molar-refractivity contribution is 5.94. The molecule has 1 heterocycles. The van der Waals surface area contributed by atoms with Crippen molar-refractivity contribution in [2.45, 2.75) is 51.9 Å². The van der Waals surface area contributed by atoms with Gasteiger partial charge in [0.25, 0.3) is 5.91 Å². The lowest BCUT2D eigenvalue weighted by atomic mass is 10.1. The third kappa shape index (κ3) is 8.34. The minimum atomic E-state index is -0.287. The van der Waals surface area contributed by atoms with E-state index in [0.717, 1.165) is 17.7 Å². The fourth-order valence-corrected chi connectivity index (χ4v) is 2.86. The van der Waals surface area contributed by atoms with Crippen molar-refractivity contribution in [3.8, 4) is 11.5 Å². The topological polar surface area (TPSA) is 72.8 Å². The van der Waals surface area contributed by atoms with Crippen molar-refractivity contribution in [3.63, 3.8) is 0 Å². The van der Waals surface area contributed by atoms with E-state index < -0.39 is 0 Å². The Hall–Kier alpha value is -2.89. The number of pyridine rings is 1. The maximum Gasteiger partial charge on any atom is 0.271 e. The van der Waals surface area contributed by atoms with E-state index in [2.05, 4.69) is 22.4 Å². The molecule has 0 bridgehead atoms. The first-order chi connectivity index (χ1) is 14.2. The summed E-state index contributed by atoms with van der Waals surface area (Å²) in [4.78, 5) is 15.8. The summed E-state index contributed by atoms with van der Waals surface area (Å²) in [6, 6.07) is 8.84. The van der Waals surface area contributed by atoms with E-state index in [1.807, 2.05) is 18.2 Å². The number of hydrogen-bond acceptors (Lipinski definition) is 5. The standard InChI is InChI=1S/C23H31N3O3/c1-3-4-5-6-7-8-9-16-29-21-11-10-19(17-22(21)28-2)18-25-26-23(27)20-12-14-24-15-13-20/h10-15,17-18H,3-9,16H2,1-2H3,(H,26,27)/b25-18-. The Morgan fingerprint density at radius 2 is 1.76 bits per heavy atom. The van der Waals surface area contributed by atoms with E-state index in [1.165, 1.54) is 38.5 Å². The lowest BCUT2D eigenvalue weighted by molar-refractivity contribution is 0.0955. The van der Waals surface area contributed by atoms with E-state index in [4.69, 9.17) is 9.47 Å². The van der Waals surface area contributed by atoms with Crippen LogP contribution in [0.2, 0.25) is 0 Å². The minimum Gasteiger partial charge on any atom is -0.493 e. The molecule has 0 saturated carbocycles. The van der Waals surface area contributed by atoms with Gasteiger partial charge >= 0.3 is 0 Å². The molecule has 0 spiro atoms. The van der Waals surface area contributed by atoms with Crippen molar-refractivity contribution < 1.29 is 14.3 Å². The molecule has 0 atom stereocenters. The number of benzene rings is 1. The highest BCUT2D eigenvalue weighted by atomic mass is 16.5. The fraction of sp³-hybridized carbons (Fsp3) is 0.435. The van der Waals surface area contributed by atoms with Gasteiger partial charge in [0.1, 0.15) is 0 Å². The molecule has 1 aromatic carbocycles. The van der Waals surface area contributed by atoms with Crippen LogP contribution in [0.3, 0.4) is 0 Å². The lowest BCUT2D eigenvalue weighted by Gasteiger charge is -2.11. The third-order valence-corrected chi connectivity index (χ3v) is 4.52. The second-order valence-corrected chi connectivity index (χ2v) is 6.82. The summed E-state index contributed by atoms with van der Waals surface area (Å²) >= 11 is 0. The van der Waals surface area contributed by atoms with Crippen LogP contribution in [0, 0.1) is 0 Å². The van der Waals surface area contributed by atoms with Crippen molar-refractivity contribution in [3.05, 3.63) is 53.9 Å². The second kappa shape index (κ2) is 13.3. The van der Waals surface area contributed by atoms with Crippen LogP contribution < -0.4 is 14.9 Å². The van der Waals surface area contributed by atoms with Gasteiger partial charge in [-0.15, -0.1) is 0 Å². The molecule has 0 fully saturated rings. The largest absolute Gasteiger partial charge is 0.493 e. The van der Waals surface area contributed by atoms with E-state index in [-0.39, 0.29) is 5.91 Å². The number of methoxy groups -OCH3 is 1. The van der Waals surface area contributed by atoms with Gasteiger partial charge in [-0.2, -0.15) is 5.10 Å². The summed E-state index contributed by atoms with van der Waals surface area (Å²) in [6.07, 6.45) is 13.4. The van der Waals surface area contributed by atoms with Crippen LogP contribution in [0.1, 0.15) is 67.8 Å². The van der Waals surface area contributed by atoms with Gasteiger partial charge in [0.15, 0.2) is 11.5 Å². The van der Waals surface area contributed by atoms with Crippen molar-refractivity contribution in [2.75, 3.05) is 13.7 Å². The average molecular weight is 398 g/mol. The van der Waals surface area contributed by atoms with Crippen LogP contribution in [0.15, 0.2) is 47.8 Å². The molecule has 156 valence electrons. The van der Waals surface area contributed by atoms with Crippen molar-refractivity contribution in [1.82, 2.24) is 10.4 Å². The van der Waals surface area contributed by atoms with Crippen LogP contribution in [0.25, 0.3) is 0 Å². The second-order valence-electron chi connectivity index (χ2n) is 6.82. The summed E-state index contributed by atoms with van der Waals surface area (Å²) in [5.41, 5.74) is 3.81. The number of rotatable bonds is 13. The molecule has 0 aliphatic carbocycles. The summed E-state index contributed by atoms with van der Waals surface area (Å²) in [5, 5.41) is 4.00. The summed E-state index contributed by atoms with van der Waals surface area (Å²) < 4.78 is 11.3. The molecule has 6 heteroatoms. The molecular formula is C23H31N3O3. The molecule has 1 amide bonds. The first-order valence-electron chi connectivity index (χ1n) is 10.3. The Kier molecular flexibility index (Phi) is 10.3. The zero-order valence-corrected chi connectivity index (χ0v) is 17.4.